The minimum absolute atomic E-state index is 0.160. The van der Waals surface area contributed by atoms with E-state index in [9.17, 15) is 9.90 Å². The molecule has 3 N–H and O–H groups in total. The number of anilines is 3. The van der Waals surface area contributed by atoms with Gasteiger partial charge in [-0.05, 0) is 86.4 Å². The van der Waals surface area contributed by atoms with Crippen molar-refractivity contribution in [2.75, 3.05) is 29.9 Å². The van der Waals surface area contributed by atoms with Crippen molar-refractivity contribution in [1.29, 1.82) is 0 Å². The molecule has 1 aliphatic heterocycles. The minimum Gasteiger partial charge on any atom is -0.385 e. The summed E-state index contributed by atoms with van der Waals surface area (Å²) in [6.45, 7) is 9.57. The number of hydrogen-bond acceptors (Lipinski definition) is 6. The van der Waals surface area contributed by atoms with Gasteiger partial charge in [-0.3, -0.25) is 4.79 Å². The van der Waals surface area contributed by atoms with Crippen LogP contribution in [0.4, 0.5) is 17.3 Å². The van der Waals surface area contributed by atoms with Crippen molar-refractivity contribution in [3.63, 3.8) is 0 Å². The zero-order valence-corrected chi connectivity index (χ0v) is 24.6. The zero-order chi connectivity index (χ0) is 29.7. The highest BCUT2D eigenvalue weighted by molar-refractivity contribution is 6.30. The van der Waals surface area contributed by atoms with Crippen LogP contribution in [-0.2, 0) is 5.60 Å². The molecular formula is C33H35ClN6O2. The number of carbonyl (C=O) groups excluding carboxylic acids is 1. The molecule has 9 heteroatoms. The molecule has 0 aliphatic carbocycles. The van der Waals surface area contributed by atoms with Gasteiger partial charge in [0, 0.05) is 42.1 Å². The van der Waals surface area contributed by atoms with Crippen molar-refractivity contribution in [1.82, 2.24) is 19.9 Å². The normalized spacial score (nSPS) is 15.5. The summed E-state index contributed by atoms with van der Waals surface area (Å²) in [4.78, 5) is 19.7. The van der Waals surface area contributed by atoms with Gasteiger partial charge in [0.05, 0.1) is 11.3 Å². The van der Waals surface area contributed by atoms with Gasteiger partial charge in [0.2, 0.25) is 5.95 Å². The van der Waals surface area contributed by atoms with Gasteiger partial charge >= 0.3 is 0 Å². The number of fused-ring (bicyclic) bond motifs is 1. The Bertz CT molecular complexity index is 1630. The number of carbonyl (C=O) groups is 1. The molecule has 0 saturated carbocycles. The molecule has 1 amide bonds. The van der Waals surface area contributed by atoms with E-state index in [1.165, 1.54) is 0 Å². The van der Waals surface area contributed by atoms with Crippen LogP contribution in [0.2, 0.25) is 5.02 Å². The lowest BCUT2D eigenvalue weighted by Gasteiger charge is -2.39. The van der Waals surface area contributed by atoms with Crippen LogP contribution in [0.25, 0.3) is 5.65 Å². The maximum atomic E-state index is 12.7. The lowest BCUT2D eigenvalue weighted by molar-refractivity contribution is 0.0118. The lowest BCUT2D eigenvalue weighted by atomic mass is 9.84. The van der Waals surface area contributed by atoms with Crippen molar-refractivity contribution < 1.29 is 9.90 Å². The largest absolute Gasteiger partial charge is 0.385 e. The van der Waals surface area contributed by atoms with Crippen molar-refractivity contribution in [2.24, 2.45) is 0 Å². The van der Waals surface area contributed by atoms with Gasteiger partial charge in [0.15, 0.2) is 5.65 Å². The molecule has 0 spiro atoms. The van der Waals surface area contributed by atoms with Crippen LogP contribution in [0.5, 0.6) is 0 Å². The van der Waals surface area contributed by atoms with Gasteiger partial charge in [-0.1, -0.05) is 54.1 Å². The topological polar surface area (TPSA) is 94.8 Å². The minimum atomic E-state index is -0.883. The molecule has 2 aromatic heterocycles. The van der Waals surface area contributed by atoms with Crippen molar-refractivity contribution >= 4 is 40.5 Å². The third-order valence-electron chi connectivity index (χ3n) is 7.64. The molecule has 3 heterocycles. The first-order valence-electron chi connectivity index (χ1n) is 14.0. The van der Waals surface area contributed by atoms with E-state index in [4.69, 9.17) is 16.6 Å². The fourth-order valence-electron chi connectivity index (χ4n) is 5.03. The monoisotopic (exact) mass is 582 g/mol. The molecular weight excluding hydrogens is 548 g/mol. The summed E-state index contributed by atoms with van der Waals surface area (Å²) >= 11 is 6.04. The van der Waals surface area contributed by atoms with Crippen molar-refractivity contribution in [3.8, 4) is 0 Å². The Balaban J connectivity index is 1.23. The molecule has 1 fully saturated rings. The molecule has 1 saturated heterocycles. The smallest absolute Gasteiger partial charge is 0.251 e. The molecule has 4 aromatic rings. The van der Waals surface area contributed by atoms with E-state index < -0.39 is 5.60 Å². The van der Waals surface area contributed by atoms with Gasteiger partial charge in [0.1, 0.15) is 0 Å². The number of nitrogens with one attached hydrogen (secondary N) is 2. The summed E-state index contributed by atoms with van der Waals surface area (Å²) in [5.74, 6) is 0.293. The fraction of sp³-hybridized carbons (Fsp3) is 0.242. The van der Waals surface area contributed by atoms with Crippen LogP contribution >= 0.6 is 11.6 Å². The highest BCUT2D eigenvalue weighted by Gasteiger charge is 2.34. The van der Waals surface area contributed by atoms with E-state index in [2.05, 4.69) is 27.2 Å². The average molecular weight is 583 g/mol. The quantitative estimate of drug-likeness (QED) is 0.197. The van der Waals surface area contributed by atoms with Crippen LogP contribution in [0, 0.1) is 0 Å². The number of allylic oxidation sites excluding steroid dienone is 3. The summed E-state index contributed by atoms with van der Waals surface area (Å²) in [6.07, 6.45) is 8.81. The van der Waals surface area contributed by atoms with Crippen molar-refractivity contribution in [2.45, 2.75) is 32.3 Å². The zero-order valence-electron chi connectivity index (χ0n) is 23.8. The Labute approximate surface area is 251 Å². The third-order valence-corrected chi connectivity index (χ3v) is 7.89. The molecule has 0 unspecified atom stereocenters. The summed E-state index contributed by atoms with van der Waals surface area (Å²) in [7, 11) is 0. The first-order chi connectivity index (χ1) is 20.3. The molecule has 8 nitrogen and oxygen atoms in total. The number of pyridine rings is 1. The second kappa shape index (κ2) is 12.6. The maximum absolute atomic E-state index is 12.7. The van der Waals surface area contributed by atoms with Crippen LogP contribution in [0.15, 0.2) is 103 Å². The average Bonchev–Trinajstić information content (AvgIpc) is 3.42. The van der Waals surface area contributed by atoms with Gasteiger partial charge in [-0.25, -0.2) is 4.52 Å². The first-order valence-corrected chi connectivity index (χ1v) is 14.4. The highest BCUT2D eigenvalue weighted by atomic mass is 35.5. The van der Waals surface area contributed by atoms with E-state index in [1.54, 1.807) is 22.7 Å². The summed E-state index contributed by atoms with van der Waals surface area (Å²) in [5.41, 5.74) is 5.07. The fourth-order valence-corrected chi connectivity index (χ4v) is 5.16. The lowest BCUT2D eigenvalue weighted by Crippen LogP contribution is -2.42. The molecule has 0 atom stereocenters. The number of halogens is 1. The predicted octanol–water partition coefficient (Wildman–Crippen LogP) is 6.42. The summed E-state index contributed by atoms with van der Waals surface area (Å²) in [5, 5.41) is 22.7. The SMILES string of the molecule is C=C/C(=C\C(C)=C/C)CNC(=O)c1ccc(Nc2nc3c(N4CCC(O)(c5ccc(Cl)cc5)CC4)cccn3n2)cc1. The summed E-state index contributed by atoms with van der Waals surface area (Å²) < 4.78 is 1.75. The molecule has 2 aromatic carbocycles. The molecule has 5 rings (SSSR count). The first kappa shape index (κ1) is 29.1. The highest BCUT2D eigenvalue weighted by Crippen LogP contribution is 2.36. The number of rotatable bonds is 9. The van der Waals surface area contributed by atoms with Gasteiger partial charge < -0.3 is 20.6 Å². The van der Waals surface area contributed by atoms with E-state index in [0.717, 1.165) is 33.7 Å². The van der Waals surface area contributed by atoms with Crippen LogP contribution < -0.4 is 15.5 Å². The van der Waals surface area contributed by atoms with Gasteiger partial charge in [-0.2, -0.15) is 4.98 Å². The Kier molecular flexibility index (Phi) is 8.75. The predicted molar refractivity (Wildman–Crippen MR) is 170 cm³/mol. The Morgan fingerprint density at radius 1 is 1.12 bits per heavy atom. The van der Waals surface area contributed by atoms with Crippen LogP contribution in [0.1, 0.15) is 42.6 Å². The van der Waals surface area contributed by atoms with Crippen LogP contribution in [0.3, 0.4) is 0 Å². The maximum Gasteiger partial charge on any atom is 0.251 e. The van der Waals surface area contributed by atoms with E-state index >= 15 is 0 Å². The van der Waals surface area contributed by atoms with E-state index in [0.29, 0.717) is 49.0 Å². The number of aromatic nitrogens is 3. The van der Waals surface area contributed by atoms with Crippen LogP contribution in [-0.4, -0.2) is 45.2 Å². The number of aliphatic hydroxyl groups is 1. The number of benzene rings is 2. The number of nitrogens with zero attached hydrogens (tertiary/aromatic N) is 4. The standard InChI is InChI=1S/C33H35ClN6O2/c1-4-23(3)21-24(5-2)22-35-31(41)25-8-14-28(15-9-25)36-32-37-30-29(7-6-18-40(30)38-32)39-19-16-33(42,17-20-39)26-10-12-27(34)13-11-26/h4-15,18,21,42H,2,16-17,19-20,22H2,1,3H3,(H,35,41)(H,36,38)/b23-4-,24-21+. The molecule has 1 aliphatic rings. The second-order valence-electron chi connectivity index (χ2n) is 10.5. The number of hydrogen-bond donors (Lipinski definition) is 3. The molecule has 216 valence electrons. The molecule has 0 bridgehead atoms. The van der Waals surface area contributed by atoms with Gasteiger partial charge in [0.25, 0.3) is 5.91 Å². The van der Waals surface area contributed by atoms with E-state index in [-0.39, 0.29) is 5.91 Å². The second-order valence-corrected chi connectivity index (χ2v) is 10.9. The Morgan fingerprint density at radius 3 is 2.50 bits per heavy atom. The Morgan fingerprint density at radius 2 is 1.83 bits per heavy atom. The summed E-state index contributed by atoms with van der Waals surface area (Å²) in [6, 6.07) is 18.6. The Hall–Kier alpha value is -4.40. The third kappa shape index (κ3) is 6.56. The number of piperidine rings is 1. The van der Waals surface area contributed by atoms with Gasteiger partial charge in [-0.15, -0.1) is 5.10 Å². The molecule has 0 radical (unpaired) electrons. The van der Waals surface area contributed by atoms with E-state index in [1.807, 2.05) is 80.7 Å². The number of amides is 1. The molecule has 42 heavy (non-hydrogen) atoms. The van der Waals surface area contributed by atoms with Crippen molar-refractivity contribution in [3.05, 3.63) is 119 Å².